The molecule has 2 saturated heterocycles. The van der Waals surface area contributed by atoms with E-state index in [-0.39, 0.29) is 36.1 Å². The predicted octanol–water partition coefficient (Wildman–Crippen LogP) is 3.75. The lowest BCUT2D eigenvalue weighted by molar-refractivity contribution is 0.000120. The van der Waals surface area contributed by atoms with Crippen molar-refractivity contribution >= 4 is 0 Å². The molecule has 2 aliphatic rings. The Morgan fingerprint density at radius 3 is 1.45 bits per heavy atom. The first-order valence-corrected chi connectivity index (χ1v) is 9.79. The number of benzene rings is 2. The molecule has 0 radical (unpaired) electrons. The van der Waals surface area contributed by atoms with Gasteiger partial charge in [0.15, 0.2) is 0 Å². The fourth-order valence-corrected chi connectivity index (χ4v) is 3.04. The van der Waals surface area contributed by atoms with Crippen molar-refractivity contribution in [1.29, 1.82) is 0 Å². The fourth-order valence-electron chi connectivity index (χ4n) is 3.04. The Kier molecular flexibility index (Phi) is 6.59. The van der Waals surface area contributed by atoms with E-state index < -0.39 is 0 Å². The number of epoxide rings is 2. The largest absolute Gasteiger partial charge is 0.488 e. The highest BCUT2D eigenvalue weighted by molar-refractivity contribution is 5.23. The van der Waals surface area contributed by atoms with Crippen LogP contribution in [0.3, 0.4) is 0 Å². The molecule has 4 rings (SSSR count). The van der Waals surface area contributed by atoms with Gasteiger partial charge < -0.3 is 23.7 Å². The smallest absolute Gasteiger partial charge is 0.124 e. The van der Waals surface area contributed by atoms with Gasteiger partial charge in [-0.25, -0.2) is 8.78 Å². The lowest BCUT2D eigenvalue weighted by Gasteiger charge is -2.22. The highest BCUT2D eigenvalue weighted by Gasteiger charge is 2.30. The van der Waals surface area contributed by atoms with Crippen LogP contribution >= 0.6 is 0 Å². The van der Waals surface area contributed by atoms with Gasteiger partial charge in [-0.3, -0.25) is 0 Å². The van der Waals surface area contributed by atoms with Crippen molar-refractivity contribution < 1.29 is 32.5 Å². The summed E-state index contributed by atoms with van der Waals surface area (Å²) < 4.78 is 54.6. The van der Waals surface area contributed by atoms with Crippen molar-refractivity contribution in [2.24, 2.45) is 0 Å². The number of ether oxygens (including phenoxy) is 5. The van der Waals surface area contributed by atoms with Gasteiger partial charge in [0.25, 0.3) is 0 Å². The molecule has 0 aromatic heterocycles. The minimum atomic E-state index is -0.307. The maximum atomic E-state index is 13.1. The quantitative estimate of drug-likeness (QED) is 0.503. The van der Waals surface area contributed by atoms with Gasteiger partial charge in [-0.05, 0) is 48.5 Å². The average molecular weight is 406 g/mol. The first kappa shape index (κ1) is 20.1. The van der Waals surface area contributed by atoms with Gasteiger partial charge in [0.05, 0.1) is 38.6 Å². The molecule has 2 heterocycles. The van der Waals surface area contributed by atoms with Crippen LogP contribution in [0, 0.1) is 11.6 Å². The molecule has 0 amide bonds. The molecule has 0 aliphatic carbocycles. The van der Waals surface area contributed by atoms with E-state index in [4.69, 9.17) is 23.7 Å². The summed E-state index contributed by atoms with van der Waals surface area (Å²) in [5, 5.41) is 0. The second kappa shape index (κ2) is 9.52. The van der Waals surface area contributed by atoms with Crippen LogP contribution in [0.5, 0.6) is 11.5 Å². The van der Waals surface area contributed by atoms with Gasteiger partial charge in [0, 0.05) is 12.8 Å². The first-order valence-electron chi connectivity index (χ1n) is 9.79. The van der Waals surface area contributed by atoms with E-state index in [1.807, 2.05) is 0 Å². The molecule has 4 atom stereocenters. The van der Waals surface area contributed by atoms with E-state index in [1.54, 1.807) is 24.3 Å². The van der Waals surface area contributed by atoms with Gasteiger partial charge in [-0.15, -0.1) is 0 Å². The molecule has 29 heavy (non-hydrogen) atoms. The van der Waals surface area contributed by atoms with E-state index in [2.05, 4.69) is 0 Å². The molecule has 0 saturated carbocycles. The Hall–Kier alpha value is -2.22. The minimum Gasteiger partial charge on any atom is -0.488 e. The zero-order valence-electron chi connectivity index (χ0n) is 16.0. The molecule has 5 nitrogen and oxygen atoms in total. The lowest BCUT2D eigenvalue weighted by Crippen LogP contribution is -2.30. The van der Waals surface area contributed by atoms with Crippen LogP contribution in [0.25, 0.3) is 0 Å². The predicted molar refractivity (Wildman–Crippen MR) is 101 cm³/mol. The summed E-state index contributed by atoms with van der Waals surface area (Å²) in [6, 6.07) is 11.8. The van der Waals surface area contributed by atoms with E-state index >= 15 is 0 Å². The van der Waals surface area contributed by atoms with Gasteiger partial charge >= 0.3 is 0 Å². The van der Waals surface area contributed by atoms with Gasteiger partial charge in [0.1, 0.15) is 35.3 Å². The summed E-state index contributed by atoms with van der Waals surface area (Å²) in [5.74, 6) is 0.565. The third-order valence-electron chi connectivity index (χ3n) is 4.70. The number of halogens is 2. The van der Waals surface area contributed by atoms with Crippen LogP contribution in [0.4, 0.5) is 8.78 Å². The molecule has 0 bridgehead atoms. The standard InChI is InChI=1S/C22H24F2O5/c23-15-1-5-17(6-2-15)28-21(9-19-13-26-19)11-25-12-22(10-20-14-27-20)29-18-7-3-16(24)4-8-18/h1-8,19-22H,9-14H2. The Labute approximate surface area is 168 Å². The highest BCUT2D eigenvalue weighted by Crippen LogP contribution is 2.23. The summed E-state index contributed by atoms with van der Waals surface area (Å²) in [5.41, 5.74) is 0. The van der Waals surface area contributed by atoms with Gasteiger partial charge in [0.2, 0.25) is 0 Å². The molecular formula is C22H24F2O5. The molecule has 2 aromatic carbocycles. The highest BCUT2D eigenvalue weighted by atomic mass is 19.1. The second-order valence-electron chi connectivity index (χ2n) is 7.31. The SMILES string of the molecule is Fc1ccc(OC(COCC(CC2CO2)Oc2ccc(F)cc2)CC2CO2)cc1. The van der Waals surface area contributed by atoms with Gasteiger partial charge in [-0.2, -0.15) is 0 Å². The number of hydrogen-bond donors (Lipinski definition) is 0. The van der Waals surface area contributed by atoms with Crippen molar-refractivity contribution in [2.45, 2.75) is 37.3 Å². The Morgan fingerprint density at radius 2 is 1.10 bits per heavy atom. The molecule has 7 heteroatoms. The summed E-state index contributed by atoms with van der Waals surface area (Å²) in [4.78, 5) is 0. The number of rotatable bonds is 12. The zero-order valence-corrected chi connectivity index (χ0v) is 16.0. The summed E-state index contributed by atoms with van der Waals surface area (Å²) >= 11 is 0. The Bertz CT molecular complexity index is 694. The maximum Gasteiger partial charge on any atom is 0.124 e. The number of hydrogen-bond acceptors (Lipinski definition) is 5. The third-order valence-corrected chi connectivity index (χ3v) is 4.70. The molecule has 2 aromatic rings. The van der Waals surface area contributed by atoms with Crippen LogP contribution in [-0.2, 0) is 14.2 Å². The summed E-state index contributed by atoms with van der Waals surface area (Å²) in [6.45, 7) is 2.15. The van der Waals surface area contributed by atoms with Crippen LogP contribution in [-0.4, -0.2) is 50.8 Å². The zero-order chi connectivity index (χ0) is 20.1. The van der Waals surface area contributed by atoms with Crippen LogP contribution in [0.2, 0.25) is 0 Å². The molecular weight excluding hydrogens is 382 g/mol. The third kappa shape index (κ3) is 6.96. The minimum absolute atomic E-state index is 0.176. The Balaban J connectivity index is 1.29. The Morgan fingerprint density at radius 1 is 0.724 bits per heavy atom. The van der Waals surface area contributed by atoms with Crippen molar-refractivity contribution in [3.63, 3.8) is 0 Å². The lowest BCUT2D eigenvalue weighted by atomic mass is 10.2. The maximum absolute atomic E-state index is 13.1. The molecule has 0 spiro atoms. The fraction of sp³-hybridized carbons (Fsp3) is 0.455. The first-order chi connectivity index (χ1) is 14.1. The van der Waals surface area contributed by atoms with Crippen molar-refractivity contribution in [1.82, 2.24) is 0 Å². The van der Waals surface area contributed by atoms with Crippen molar-refractivity contribution in [3.05, 3.63) is 60.2 Å². The van der Waals surface area contributed by atoms with E-state index in [9.17, 15) is 8.78 Å². The van der Waals surface area contributed by atoms with Gasteiger partial charge in [-0.1, -0.05) is 0 Å². The summed E-state index contributed by atoms with van der Waals surface area (Å²) in [6.07, 6.45) is 1.33. The van der Waals surface area contributed by atoms with Crippen molar-refractivity contribution in [3.8, 4) is 11.5 Å². The normalized spacial score (nSPS) is 22.0. The van der Waals surface area contributed by atoms with E-state index in [0.717, 1.165) is 13.2 Å². The summed E-state index contributed by atoms with van der Waals surface area (Å²) in [7, 11) is 0. The molecule has 156 valence electrons. The van der Waals surface area contributed by atoms with E-state index in [0.29, 0.717) is 37.6 Å². The van der Waals surface area contributed by atoms with Crippen LogP contribution in [0.15, 0.2) is 48.5 Å². The van der Waals surface area contributed by atoms with Crippen molar-refractivity contribution in [2.75, 3.05) is 26.4 Å². The van der Waals surface area contributed by atoms with E-state index in [1.165, 1.54) is 24.3 Å². The van der Waals surface area contributed by atoms with Crippen LogP contribution in [0.1, 0.15) is 12.8 Å². The average Bonchev–Trinajstić information content (AvgIpc) is 3.62. The molecule has 0 N–H and O–H groups in total. The monoisotopic (exact) mass is 406 g/mol. The molecule has 2 fully saturated rings. The topological polar surface area (TPSA) is 52.8 Å². The molecule has 2 aliphatic heterocycles. The second-order valence-corrected chi connectivity index (χ2v) is 7.31. The molecule has 4 unspecified atom stereocenters. The van der Waals surface area contributed by atoms with Crippen LogP contribution < -0.4 is 9.47 Å².